The van der Waals surface area contributed by atoms with E-state index < -0.39 is 0 Å². The molecule has 0 bridgehead atoms. The smallest absolute Gasteiger partial charge is 0.127 e. The van der Waals surface area contributed by atoms with E-state index in [1.165, 1.54) is 22.6 Å². The minimum absolute atomic E-state index is 0.301. The Morgan fingerprint density at radius 1 is 1.25 bits per heavy atom. The minimum Gasteiger partial charge on any atom is -0.492 e. The van der Waals surface area contributed by atoms with Crippen LogP contribution in [0.1, 0.15) is 11.1 Å². The molecular weight excluding hydrogens is 273 g/mol. The summed E-state index contributed by atoms with van der Waals surface area (Å²) in [6.45, 7) is 0.893. The van der Waals surface area contributed by atoms with E-state index in [-0.39, 0.29) is 5.82 Å². The zero-order valence-corrected chi connectivity index (χ0v) is 11.8. The quantitative estimate of drug-likeness (QED) is 0.937. The van der Waals surface area contributed by atoms with Crippen LogP contribution in [0.15, 0.2) is 47.4 Å². The molecule has 1 atom stereocenters. The standard InChI is InChI=1S/C16H16FNOS/c17-13-5-11(9-18)6-14(8-13)19-10-15-7-12-3-1-2-4-16(12)20-15/h1-6,8,15H,7,9-10,18H2. The number of nitrogens with two attached hydrogens (primary N) is 1. The molecule has 104 valence electrons. The fraction of sp³-hybridized carbons (Fsp3) is 0.250. The second-order valence-electron chi connectivity index (χ2n) is 4.86. The first-order valence-electron chi connectivity index (χ1n) is 6.61. The van der Waals surface area contributed by atoms with Crippen LogP contribution in [0.5, 0.6) is 5.75 Å². The Morgan fingerprint density at radius 2 is 2.10 bits per heavy atom. The van der Waals surface area contributed by atoms with Crippen LogP contribution in [0.4, 0.5) is 4.39 Å². The lowest BCUT2D eigenvalue weighted by Crippen LogP contribution is -2.13. The summed E-state index contributed by atoms with van der Waals surface area (Å²) in [5.41, 5.74) is 7.66. The van der Waals surface area contributed by atoms with E-state index in [0.29, 0.717) is 24.2 Å². The highest BCUT2D eigenvalue weighted by Crippen LogP contribution is 2.36. The van der Waals surface area contributed by atoms with E-state index in [2.05, 4.69) is 24.3 Å². The Bertz CT molecular complexity index is 592. The summed E-state index contributed by atoms with van der Waals surface area (Å²) in [4.78, 5) is 1.32. The van der Waals surface area contributed by atoms with Crippen molar-refractivity contribution in [1.29, 1.82) is 0 Å². The monoisotopic (exact) mass is 289 g/mol. The van der Waals surface area contributed by atoms with Crippen molar-refractivity contribution in [1.82, 2.24) is 0 Å². The second kappa shape index (κ2) is 5.85. The van der Waals surface area contributed by atoms with Crippen LogP contribution in [-0.4, -0.2) is 11.9 Å². The number of hydrogen-bond acceptors (Lipinski definition) is 3. The molecule has 2 nitrogen and oxygen atoms in total. The third kappa shape index (κ3) is 2.97. The first kappa shape index (κ1) is 13.5. The number of halogens is 1. The summed E-state index contributed by atoms with van der Waals surface area (Å²) < 4.78 is 19.1. The van der Waals surface area contributed by atoms with Crippen molar-refractivity contribution in [3.63, 3.8) is 0 Å². The van der Waals surface area contributed by atoms with Crippen LogP contribution in [0, 0.1) is 5.82 Å². The van der Waals surface area contributed by atoms with Crippen molar-refractivity contribution in [2.45, 2.75) is 23.1 Å². The molecule has 1 heterocycles. The molecule has 0 aliphatic carbocycles. The maximum Gasteiger partial charge on any atom is 0.127 e. The van der Waals surface area contributed by atoms with Crippen LogP contribution in [0.3, 0.4) is 0 Å². The highest BCUT2D eigenvalue weighted by atomic mass is 32.2. The third-order valence-electron chi connectivity index (χ3n) is 3.32. The Hall–Kier alpha value is -1.52. The molecule has 3 rings (SSSR count). The molecule has 0 saturated carbocycles. The van der Waals surface area contributed by atoms with Crippen molar-refractivity contribution in [3.05, 3.63) is 59.4 Å². The average molecular weight is 289 g/mol. The van der Waals surface area contributed by atoms with Crippen LogP contribution in [0.25, 0.3) is 0 Å². The molecule has 0 fully saturated rings. The molecule has 1 unspecified atom stereocenters. The SMILES string of the molecule is NCc1cc(F)cc(OCC2Cc3ccccc3S2)c1. The van der Waals surface area contributed by atoms with Crippen molar-refractivity contribution in [2.75, 3.05) is 6.61 Å². The molecule has 2 aromatic carbocycles. The number of benzene rings is 2. The normalized spacial score (nSPS) is 17.0. The predicted molar refractivity (Wildman–Crippen MR) is 79.6 cm³/mol. The second-order valence-corrected chi connectivity index (χ2v) is 6.20. The Kier molecular flexibility index (Phi) is 3.94. The minimum atomic E-state index is -0.301. The van der Waals surface area contributed by atoms with Gasteiger partial charge in [-0.1, -0.05) is 18.2 Å². The Morgan fingerprint density at radius 3 is 2.90 bits per heavy atom. The zero-order chi connectivity index (χ0) is 13.9. The molecule has 20 heavy (non-hydrogen) atoms. The van der Waals surface area contributed by atoms with Gasteiger partial charge in [0.25, 0.3) is 0 Å². The summed E-state index contributed by atoms with van der Waals surface area (Å²) in [6, 6.07) is 13.0. The molecule has 1 aliphatic heterocycles. The van der Waals surface area contributed by atoms with Crippen molar-refractivity contribution >= 4 is 11.8 Å². The van der Waals surface area contributed by atoms with Gasteiger partial charge in [-0.25, -0.2) is 4.39 Å². The van der Waals surface area contributed by atoms with Crippen molar-refractivity contribution in [3.8, 4) is 5.75 Å². The van der Waals surface area contributed by atoms with Gasteiger partial charge < -0.3 is 10.5 Å². The maximum atomic E-state index is 13.4. The van der Waals surface area contributed by atoms with Gasteiger partial charge in [0.1, 0.15) is 18.2 Å². The number of rotatable bonds is 4. The maximum absolute atomic E-state index is 13.4. The van der Waals surface area contributed by atoms with E-state index in [1.54, 1.807) is 6.07 Å². The van der Waals surface area contributed by atoms with Crippen molar-refractivity contribution < 1.29 is 9.13 Å². The van der Waals surface area contributed by atoms with Gasteiger partial charge in [-0.15, -0.1) is 11.8 Å². The number of hydrogen-bond donors (Lipinski definition) is 1. The Balaban J connectivity index is 1.63. The first-order valence-corrected chi connectivity index (χ1v) is 7.49. The first-order chi connectivity index (χ1) is 9.74. The molecule has 0 saturated heterocycles. The highest BCUT2D eigenvalue weighted by Gasteiger charge is 2.22. The summed E-state index contributed by atoms with van der Waals surface area (Å²) in [5.74, 6) is 0.257. The summed E-state index contributed by atoms with van der Waals surface area (Å²) in [6.07, 6.45) is 1.000. The molecule has 2 aromatic rings. The van der Waals surface area contributed by atoms with Gasteiger partial charge in [-0.05, 0) is 35.7 Å². The Labute approximate surface area is 122 Å². The zero-order valence-electron chi connectivity index (χ0n) is 11.0. The van der Waals surface area contributed by atoms with Gasteiger partial charge in [0.15, 0.2) is 0 Å². The van der Waals surface area contributed by atoms with Crippen molar-refractivity contribution in [2.24, 2.45) is 5.73 Å². The van der Waals surface area contributed by atoms with Gasteiger partial charge in [0, 0.05) is 22.8 Å². The van der Waals surface area contributed by atoms with Crippen LogP contribution in [0.2, 0.25) is 0 Å². The number of ether oxygens (including phenoxy) is 1. The lowest BCUT2D eigenvalue weighted by molar-refractivity contribution is 0.315. The number of thioether (sulfide) groups is 1. The van der Waals surface area contributed by atoms with Gasteiger partial charge in [0.05, 0.1) is 0 Å². The van der Waals surface area contributed by atoms with Gasteiger partial charge >= 0.3 is 0 Å². The largest absolute Gasteiger partial charge is 0.492 e. The molecule has 4 heteroatoms. The third-order valence-corrected chi connectivity index (χ3v) is 4.60. The summed E-state index contributed by atoms with van der Waals surface area (Å²) in [7, 11) is 0. The summed E-state index contributed by atoms with van der Waals surface area (Å²) >= 11 is 1.83. The molecule has 0 radical (unpaired) electrons. The van der Waals surface area contributed by atoms with E-state index in [1.807, 2.05) is 11.8 Å². The molecule has 0 aromatic heterocycles. The van der Waals surface area contributed by atoms with E-state index >= 15 is 0 Å². The fourth-order valence-corrected chi connectivity index (χ4v) is 3.58. The van der Waals surface area contributed by atoms with Gasteiger partial charge in [0.2, 0.25) is 0 Å². The lowest BCUT2D eigenvalue weighted by atomic mass is 10.1. The predicted octanol–water partition coefficient (Wildman–Crippen LogP) is 3.38. The highest BCUT2D eigenvalue weighted by molar-refractivity contribution is 8.00. The lowest BCUT2D eigenvalue weighted by Gasteiger charge is -2.12. The molecule has 2 N–H and O–H groups in total. The molecule has 0 spiro atoms. The topological polar surface area (TPSA) is 35.2 Å². The van der Waals surface area contributed by atoms with E-state index in [4.69, 9.17) is 10.5 Å². The molecule has 1 aliphatic rings. The number of fused-ring (bicyclic) bond motifs is 1. The molecule has 0 amide bonds. The van der Waals surface area contributed by atoms with Gasteiger partial charge in [-0.3, -0.25) is 0 Å². The average Bonchev–Trinajstić information content (AvgIpc) is 2.87. The van der Waals surface area contributed by atoms with Crippen LogP contribution in [-0.2, 0) is 13.0 Å². The van der Waals surface area contributed by atoms with E-state index in [0.717, 1.165) is 12.0 Å². The fourth-order valence-electron chi connectivity index (χ4n) is 2.36. The van der Waals surface area contributed by atoms with Crippen LogP contribution < -0.4 is 10.5 Å². The summed E-state index contributed by atoms with van der Waals surface area (Å²) in [5, 5.41) is 0.386. The van der Waals surface area contributed by atoms with E-state index in [9.17, 15) is 4.39 Å². The van der Waals surface area contributed by atoms with Gasteiger partial charge in [-0.2, -0.15) is 0 Å². The van der Waals surface area contributed by atoms with Crippen LogP contribution >= 0.6 is 11.8 Å². The molecular formula is C16H16FNOS.